The summed E-state index contributed by atoms with van der Waals surface area (Å²) in [7, 11) is 0. The second-order valence-electron chi connectivity index (χ2n) is 16.9. The van der Waals surface area contributed by atoms with Crippen LogP contribution in [0.15, 0.2) is 121 Å². The maximum Gasteiger partial charge on any atom is 0.408 e. The van der Waals surface area contributed by atoms with Crippen LogP contribution in [0.4, 0.5) is 19.2 Å². The van der Waals surface area contributed by atoms with Crippen LogP contribution in [0, 0.1) is 0 Å². The summed E-state index contributed by atoms with van der Waals surface area (Å²) < 4.78 is 21.3. The predicted molar refractivity (Wildman–Crippen MR) is 267 cm³/mol. The summed E-state index contributed by atoms with van der Waals surface area (Å²) in [6, 6.07) is 35.8. The summed E-state index contributed by atoms with van der Waals surface area (Å²) in [4.78, 5) is 76.0. The first kappa shape index (κ1) is 55.5. The molecule has 4 aromatic carbocycles. The molecule has 0 radical (unpaired) electrons. The Balaban J connectivity index is 1.07. The van der Waals surface area contributed by atoms with E-state index in [1.54, 1.807) is 0 Å². The van der Waals surface area contributed by atoms with Gasteiger partial charge in [-0.05, 0) is 73.6 Å². The number of carbonyl (C=O) groups is 6. The molecule has 0 aliphatic rings. The molecule has 0 fully saturated rings. The number of benzene rings is 4. The third-order valence-electron chi connectivity index (χ3n) is 11.1. The second-order valence-corrected chi connectivity index (χ2v) is 16.9. The minimum Gasteiger partial charge on any atom is -0.445 e. The van der Waals surface area contributed by atoms with Crippen LogP contribution in [0.25, 0.3) is 0 Å². The van der Waals surface area contributed by atoms with Gasteiger partial charge in [0.25, 0.3) is 0 Å². The van der Waals surface area contributed by atoms with Crippen LogP contribution in [0.2, 0.25) is 0 Å². The van der Waals surface area contributed by atoms with Crippen molar-refractivity contribution in [2.45, 2.75) is 128 Å². The van der Waals surface area contributed by atoms with Crippen molar-refractivity contribution in [3.05, 3.63) is 144 Å². The summed E-state index contributed by atoms with van der Waals surface area (Å²) in [5, 5.41) is 16.8. The molecule has 0 saturated carbocycles. The third-order valence-corrected chi connectivity index (χ3v) is 11.1. The molecule has 0 aromatic heterocycles. The van der Waals surface area contributed by atoms with Gasteiger partial charge in [-0.3, -0.25) is 9.59 Å². The molecule has 0 aliphatic heterocycles. The van der Waals surface area contributed by atoms with Gasteiger partial charge in [0.1, 0.15) is 38.5 Å². The molecule has 0 spiro atoms. The van der Waals surface area contributed by atoms with E-state index >= 15 is 0 Å². The van der Waals surface area contributed by atoms with Crippen LogP contribution >= 0.6 is 0 Å². The largest absolute Gasteiger partial charge is 0.445 e. The average molecular weight is 965 g/mol. The molecular weight excluding hydrogens is 893 g/mol. The van der Waals surface area contributed by atoms with Gasteiger partial charge in [0.2, 0.25) is 11.8 Å². The lowest BCUT2D eigenvalue weighted by Crippen LogP contribution is -2.47. The molecule has 2 atom stereocenters. The van der Waals surface area contributed by atoms with Gasteiger partial charge in [-0.1, -0.05) is 160 Å². The van der Waals surface area contributed by atoms with Crippen molar-refractivity contribution >= 4 is 36.2 Å². The Kier molecular flexibility index (Phi) is 27.8. The summed E-state index contributed by atoms with van der Waals surface area (Å²) >= 11 is 0. The monoisotopic (exact) mass is 965 g/mol. The third kappa shape index (κ3) is 25.9. The number of hydrogen-bond acceptors (Lipinski definition) is 10. The van der Waals surface area contributed by atoms with Crippen molar-refractivity contribution in [1.82, 2.24) is 31.9 Å². The van der Waals surface area contributed by atoms with E-state index in [2.05, 4.69) is 31.9 Å². The lowest BCUT2D eigenvalue weighted by Gasteiger charge is -2.18. The quantitative estimate of drug-likeness (QED) is 0.0197. The Bertz CT molecular complexity index is 1930. The number of amides is 6. The fourth-order valence-electron chi connectivity index (χ4n) is 7.21. The second kappa shape index (κ2) is 35.1. The summed E-state index contributed by atoms with van der Waals surface area (Å²) in [5.74, 6) is -0.564. The molecule has 378 valence electrons. The smallest absolute Gasteiger partial charge is 0.408 e. The Hall–Kier alpha value is -7.10. The van der Waals surface area contributed by atoms with Crippen molar-refractivity contribution in [3.8, 4) is 0 Å². The first-order chi connectivity index (χ1) is 34.2. The molecule has 2 unspecified atom stereocenters. The lowest BCUT2D eigenvalue weighted by atomic mass is 10.1. The van der Waals surface area contributed by atoms with Gasteiger partial charge in [-0.2, -0.15) is 0 Å². The van der Waals surface area contributed by atoms with Gasteiger partial charge in [-0.25, -0.2) is 19.2 Å². The molecule has 6 amide bonds. The fourth-order valence-corrected chi connectivity index (χ4v) is 7.21. The fraction of sp³-hybridized carbons (Fsp3) is 0.444. The molecule has 16 heteroatoms. The van der Waals surface area contributed by atoms with Crippen molar-refractivity contribution in [2.24, 2.45) is 0 Å². The van der Waals surface area contributed by atoms with Gasteiger partial charge in [0.05, 0.1) is 0 Å². The zero-order valence-corrected chi connectivity index (χ0v) is 40.3. The van der Waals surface area contributed by atoms with Crippen molar-refractivity contribution in [3.63, 3.8) is 0 Å². The Morgan fingerprint density at radius 2 is 0.571 bits per heavy atom. The molecule has 6 N–H and O–H groups in total. The van der Waals surface area contributed by atoms with Gasteiger partial charge >= 0.3 is 24.4 Å². The zero-order chi connectivity index (χ0) is 49.7. The minimum atomic E-state index is -0.793. The number of alkyl carbamates (subject to hydrolysis) is 4. The van der Waals surface area contributed by atoms with Crippen molar-refractivity contribution in [2.75, 3.05) is 26.2 Å². The number of unbranched alkanes of at least 4 members (excludes halogenated alkanes) is 9. The summed E-state index contributed by atoms with van der Waals surface area (Å²) in [6.45, 7) is 2.20. The Morgan fingerprint density at radius 3 is 0.886 bits per heavy atom. The molecule has 0 saturated heterocycles. The molecule has 0 bridgehead atoms. The number of ether oxygens (including phenoxy) is 4. The molecule has 0 heterocycles. The number of rotatable bonds is 33. The minimum absolute atomic E-state index is 0.0825. The Morgan fingerprint density at radius 1 is 0.314 bits per heavy atom. The molecule has 0 aliphatic carbocycles. The molecule has 70 heavy (non-hydrogen) atoms. The average Bonchev–Trinajstić information content (AvgIpc) is 3.38. The summed E-state index contributed by atoms with van der Waals surface area (Å²) in [6.07, 6.45) is 8.25. The SMILES string of the molecule is O=C(NCCCCC(NC(=O)OCc1ccccc1)C(=O)NCCCCCCCCCCNC(=O)C(CCCCNC(=O)OCc1ccccc1)NC(=O)OCc1ccccc1)OCc1ccccc1. The highest BCUT2D eigenvalue weighted by Crippen LogP contribution is 2.11. The first-order valence-corrected chi connectivity index (χ1v) is 24.6. The van der Waals surface area contributed by atoms with E-state index in [0.717, 1.165) is 73.6 Å². The van der Waals surface area contributed by atoms with Crippen LogP contribution in [0.1, 0.15) is 112 Å². The molecule has 4 rings (SSSR count). The first-order valence-electron chi connectivity index (χ1n) is 24.6. The van der Waals surface area contributed by atoms with Gasteiger partial charge in [-0.15, -0.1) is 0 Å². The predicted octanol–water partition coefficient (Wildman–Crippen LogP) is 9.12. The normalized spacial score (nSPS) is 11.5. The van der Waals surface area contributed by atoms with Crippen LogP contribution in [0.5, 0.6) is 0 Å². The maximum atomic E-state index is 13.2. The number of carbonyl (C=O) groups excluding carboxylic acids is 6. The standard InChI is InChI=1S/C54H72N6O10/c61-49(47(59-53(65)69-41-45-29-15-9-16-30-45)33-19-23-37-57-51(63)67-39-43-25-11-7-12-26-43)55-35-21-5-3-1-2-4-6-22-36-56-50(62)48(60-54(66)70-42-46-31-17-10-18-32-46)34-20-24-38-58-52(64)68-40-44-27-13-8-14-28-44/h7-18,25-32,47-48H,1-6,19-24,33-42H2,(H,55,61)(H,56,62)(H,57,63)(H,58,64)(H,59,65)(H,60,66). The topological polar surface area (TPSA) is 212 Å². The van der Waals surface area contributed by atoms with E-state index in [4.69, 9.17) is 18.9 Å². The Labute approximate surface area is 412 Å². The van der Waals surface area contributed by atoms with Crippen molar-refractivity contribution < 1.29 is 47.7 Å². The maximum absolute atomic E-state index is 13.2. The molecular formula is C54H72N6O10. The van der Waals surface area contributed by atoms with Gasteiger partial charge < -0.3 is 50.8 Å². The van der Waals surface area contributed by atoms with Crippen LogP contribution in [-0.4, -0.2) is 74.5 Å². The highest BCUT2D eigenvalue weighted by Gasteiger charge is 2.22. The van der Waals surface area contributed by atoms with E-state index in [9.17, 15) is 28.8 Å². The van der Waals surface area contributed by atoms with Crippen LogP contribution in [-0.2, 0) is 55.0 Å². The van der Waals surface area contributed by atoms with E-state index < -0.39 is 36.5 Å². The van der Waals surface area contributed by atoms with Crippen LogP contribution < -0.4 is 31.9 Å². The van der Waals surface area contributed by atoms with Crippen molar-refractivity contribution in [1.29, 1.82) is 0 Å². The van der Waals surface area contributed by atoms with Gasteiger partial charge in [0, 0.05) is 26.2 Å². The van der Waals surface area contributed by atoms with E-state index in [0.29, 0.717) is 64.7 Å². The van der Waals surface area contributed by atoms with Gasteiger partial charge in [0.15, 0.2) is 0 Å². The number of nitrogens with one attached hydrogen (secondary N) is 6. The number of hydrogen-bond donors (Lipinski definition) is 6. The van der Waals surface area contributed by atoms with E-state index in [-0.39, 0.29) is 38.2 Å². The highest BCUT2D eigenvalue weighted by atomic mass is 16.6. The summed E-state index contributed by atoms with van der Waals surface area (Å²) in [5.41, 5.74) is 3.45. The highest BCUT2D eigenvalue weighted by molar-refractivity contribution is 5.86. The molecule has 16 nitrogen and oxygen atoms in total. The van der Waals surface area contributed by atoms with E-state index in [1.807, 2.05) is 121 Å². The lowest BCUT2D eigenvalue weighted by molar-refractivity contribution is -0.124. The van der Waals surface area contributed by atoms with E-state index in [1.165, 1.54) is 0 Å². The molecule has 4 aromatic rings. The zero-order valence-electron chi connectivity index (χ0n) is 40.3. The van der Waals surface area contributed by atoms with Crippen LogP contribution in [0.3, 0.4) is 0 Å².